The van der Waals surface area contributed by atoms with E-state index in [1.807, 2.05) is 0 Å². The van der Waals surface area contributed by atoms with Crippen LogP contribution in [0.15, 0.2) is 24.3 Å². The third-order valence-corrected chi connectivity index (χ3v) is 6.97. The summed E-state index contributed by atoms with van der Waals surface area (Å²) in [4.78, 5) is 0. The molecule has 0 spiro atoms. The molecule has 3 rings (SSSR count). The lowest BCUT2D eigenvalue weighted by Crippen LogP contribution is -2.38. The first-order valence-corrected chi connectivity index (χ1v) is 8.72. The monoisotopic (exact) mass is 305 g/mol. The molecule has 2 unspecified atom stereocenters. The number of allylic oxidation sites excluding steroid dienone is 1. The lowest BCUT2D eigenvalue weighted by Gasteiger charge is -2.33. The third-order valence-electron chi connectivity index (χ3n) is 4.42. The van der Waals surface area contributed by atoms with Gasteiger partial charge in [0.15, 0.2) is 9.84 Å². The third kappa shape index (κ3) is 2.49. The molecule has 2 aliphatic heterocycles. The van der Waals surface area contributed by atoms with Crippen LogP contribution >= 0.6 is 0 Å². The van der Waals surface area contributed by atoms with Gasteiger partial charge in [0.1, 0.15) is 5.82 Å². The first-order chi connectivity index (χ1) is 10.0. The van der Waals surface area contributed by atoms with E-state index in [1.165, 1.54) is 12.1 Å². The molecule has 1 aromatic carbocycles. The van der Waals surface area contributed by atoms with Gasteiger partial charge in [0.2, 0.25) is 0 Å². The number of benzene rings is 1. The van der Waals surface area contributed by atoms with Crippen molar-refractivity contribution in [3.63, 3.8) is 0 Å². The lowest BCUT2D eigenvalue weighted by atomic mass is 9.90. The molecule has 2 heterocycles. The molecule has 0 N–H and O–H groups in total. The van der Waals surface area contributed by atoms with Crippen LogP contribution in [0.5, 0.6) is 0 Å². The maximum atomic E-state index is 13.6. The summed E-state index contributed by atoms with van der Waals surface area (Å²) in [5, 5.41) is 8.10. The van der Waals surface area contributed by atoms with E-state index < -0.39 is 15.1 Å². The number of rotatable bonds is 2. The van der Waals surface area contributed by atoms with Crippen LogP contribution in [-0.2, 0) is 16.3 Å². The Bertz CT molecular complexity index is 746. The standard InChI is InChI=1S/C16H16FNO2S/c17-13-5-4-11(6-7-18)16(10-13)12-8-14-2-1-3-15(9-12)21(14,19)20/h4-5,8,10,14-15H,1-3,6,9H2. The summed E-state index contributed by atoms with van der Waals surface area (Å²) in [5.41, 5.74) is 2.34. The van der Waals surface area contributed by atoms with Crippen LogP contribution in [0.25, 0.3) is 5.57 Å². The van der Waals surface area contributed by atoms with Gasteiger partial charge in [-0.1, -0.05) is 18.6 Å². The van der Waals surface area contributed by atoms with Gasteiger partial charge in [-0.25, -0.2) is 12.8 Å². The zero-order chi connectivity index (χ0) is 15.0. The first-order valence-electron chi connectivity index (χ1n) is 7.11. The van der Waals surface area contributed by atoms with E-state index in [-0.39, 0.29) is 17.5 Å². The quantitative estimate of drug-likeness (QED) is 0.844. The van der Waals surface area contributed by atoms with Crippen molar-refractivity contribution < 1.29 is 12.8 Å². The molecule has 0 amide bonds. The summed E-state index contributed by atoms with van der Waals surface area (Å²) in [5.74, 6) is -0.355. The van der Waals surface area contributed by atoms with Gasteiger partial charge >= 0.3 is 0 Å². The molecule has 2 atom stereocenters. The van der Waals surface area contributed by atoms with Crippen molar-refractivity contribution in [2.75, 3.05) is 0 Å². The number of halogens is 1. The zero-order valence-electron chi connectivity index (χ0n) is 11.5. The Morgan fingerprint density at radius 2 is 2.14 bits per heavy atom. The summed E-state index contributed by atoms with van der Waals surface area (Å²) < 4.78 is 38.1. The van der Waals surface area contributed by atoms with Gasteiger partial charge in [-0.3, -0.25) is 0 Å². The number of nitrogens with zero attached hydrogens (tertiary/aromatic N) is 1. The van der Waals surface area contributed by atoms with Crippen molar-refractivity contribution >= 4 is 15.4 Å². The summed E-state index contributed by atoms with van der Waals surface area (Å²) in [6.45, 7) is 0. The fraction of sp³-hybridized carbons (Fsp3) is 0.438. The minimum absolute atomic E-state index is 0.203. The average molecular weight is 305 g/mol. The Kier molecular flexibility index (Phi) is 3.58. The van der Waals surface area contributed by atoms with Gasteiger partial charge in [0, 0.05) is 0 Å². The number of hydrogen-bond acceptors (Lipinski definition) is 3. The molecule has 2 aliphatic rings. The van der Waals surface area contributed by atoms with E-state index in [9.17, 15) is 12.8 Å². The largest absolute Gasteiger partial charge is 0.228 e. The van der Waals surface area contributed by atoms with Crippen LogP contribution in [0, 0.1) is 17.1 Å². The van der Waals surface area contributed by atoms with E-state index in [4.69, 9.17) is 5.26 Å². The molecule has 3 nitrogen and oxygen atoms in total. The Balaban J connectivity index is 2.08. The average Bonchev–Trinajstić information content (AvgIpc) is 2.40. The van der Waals surface area contributed by atoms with Crippen molar-refractivity contribution in [1.29, 1.82) is 5.26 Å². The highest BCUT2D eigenvalue weighted by atomic mass is 32.2. The normalized spacial score (nSPS) is 26.8. The molecule has 5 heteroatoms. The molecule has 1 fully saturated rings. The Hall–Kier alpha value is -1.67. The summed E-state index contributed by atoms with van der Waals surface area (Å²) in [7, 11) is -3.08. The van der Waals surface area contributed by atoms with Crippen LogP contribution in [0.2, 0.25) is 0 Å². The van der Waals surface area contributed by atoms with Gasteiger partial charge < -0.3 is 0 Å². The molecule has 2 bridgehead atoms. The minimum atomic E-state index is -3.08. The molecule has 0 saturated carbocycles. The van der Waals surface area contributed by atoms with E-state index >= 15 is 0 Å². The highest BCUT2D eigenvalue weighted by molar-refractivity contribution is 7.93. The van der Waals surface area contributed by atoms with Gasteiger partial charge in [-0.15, -0.1) is 0 Å². The molecule has 0 aliphatic carbocycles. The van der Waals surface area contributed by atoms with Crippen molar-refractivity contribution in [3.8, 4) is 6.07 Å². The Morgan fingerprint density at radius 3 is 2.86 bits per heavy atom. The Labute approximate surface area is 124 Å². The van der Waals surface area contributed by atoms with Crippen LogP contribution in [0.1, 0.15) is 36.8 Å². The highest BCUT2D eigenvalue weighted by Gasteiger charge is 2.40. The van der Waals surface area contributed by atoms with E-state index in [2.05, 4.69) is 6.07 Å². The molecular weight excluding hydrogens is 289 g/mol. The smallest absolute Gasteiger partial charge is 0.159 e. The van der Waals surface area contributed by atoms with E-state index in [0.29, 0.717) is 24.8 Å². The van der Waals surface area contributed by atoms with Crippen LogP contribution < -0.4 is 0 Å². The first kappa shape index (κ1) is 14.3. The van der Waals surface area contributed by atoms with Crippen molar-refractivity contribution in [3.05, 3.63) is 41.2 Å². The number of hydrogen-bond donors (Lipinski definition) is 0. The number of nitriles is 1. The molecular formula is C16H16FNO2S. The highest BCUT2D eigenvalue weighted by Crippen LogP contribution is 2.40. The second-order valence-electron chi connectivity index (χ2n) is 5.71. The minimum Gasteiger partial charge on any atom is -0.228 e. The summed E-state index contributed by atoms with van der Waals surface area (Å²) >= 11 is 0. The van der Waals surface area contributed by atoms with Crippen LogP contribution in [0.3, 0.4) is 0 Å². The topological polar surface area (TPSA) is 57.9 Å². The number of sulfone groups is 1. The van der Waals surface area contributed by atoms with Crippen LogP contribution in [-0.4, -0.2) is 18.9 Å². The molecule has 0 aromatic heterocycles. The van der Waals surface area contributed by atoms with Gasteiger partial charge in [0.25, 0.3) is 0 Å². The zero-order valence-corrected chi connectivity index (χ0v) is 12.4. The van der Waals surface area contributed by atoms with E-state index in [0.717, 1.165) is 17.6 Å². The Morgan fingerprint density at radius 1 is 1.33 bits per heavy atom. The molecule has 1 aromatic rings. The molecule has 1 saturated heterocycles. The van der Waals surface area contributed by atoms with Crippen molar-refractivity contribution in [2.24, 2.45) is 0 Å². The summed E-state index contributed by atoms with van der Waals surface area (Å²) in [6.07, 6.45) is 4.66. The number of fused-ring (bicyclic) bond motifs is 2. The summed E-state index contributed by atoms with van der Waals surface area (Å²) in [6, 6.07) is 6.47. The second-order valence-corrected chi connectivity index (χ2v) is 8.16. The van der Waals surface area contributed by atoms with Gasteiger partial charge in [-0.05, 0) is 48.1 Å². The van der Waals surface area contributed by atoms with Gasteiger partial charge in [0.05, 0.1) is 23.0 Å². The van der Waals surface area contributed by atoms with Gasteiger partial charge in [-0.2, -0.15) is 5.26 Å². The maximum absolute atomic E-state index is 13.6. The predicted octanol–water partition coefficient (Wildman–Crippen LogP) is 3.01. The maximum Gasteiger partial charge on any atom is 0.159 e. The van der Waals surface area contributed by atoms with Crippen molar-refractivity contribution in [2.45, 2.75) is 42.6 Å². The second kappa shape index (κ2) is 5.27. The predicted molar refractivity (Wildman–Crippen MR) is 78.7 cm³/mol. The van der Waals surface area contributed by atoms with Crippen LogP contribution in [0.4, 0.5) is 4.39 Å². The fourth-order valence-electron chi connectivity index (χ4n) is 3.34. The SMILES string of the molecule is N#CCc1ccc(F)cc1C1=CC2CCCC(C1)S2(=O)=O. The lowest BCUT2D eigenvalue weighted by molar-refractivity contribution is 0.518. The molecule has 21 heavy (non-hydrogen) atoms. The molecule has 0 radical (unpaired) electrons. The van der Waals surface area contributed by atoms with Crippen molar-refractivity contribution in [1.82, 2.24) is 0 Å². The fourth-order valence-corrected chi connectivity index (χ4v) is 5.59. The van der Waals surface area contributed by atoms with E-state index in [1.54, 1.807) is 12.1 Å². The molecule has 110 valence electrons.